The number of thiazole rings is 1. The molecule has 4 nitrogen and oxygen atoms in total. The number of halogens is 1. The van der Waals surface area contributed by atoms with Crippen LogP contribution in [0.3, 0.4) is 0 Å². The Morgan fingerprint density at radius 1 is 1.14 bits per heavy atom. The van der Waals surface area contributed by atoms with Gasteiger partial charge in [-0.3, -0.25) is 0 Å². The first-order chi connectivity index (χ1) is 10.6. The smallest absolute Gasteiger partial charge is 0.206 e. The van der Waals surface area contributed by atoms with Crippen molar-refractivity contribution >= 4 is 27.8 Å². The minimum Gasteiger partial charge on any atom is -0.354 e. The maximum absolute atomic E-state index is 13.6. The average molecular weight is 334 g/mol. The van der Waals surface area contributed by atoms with Crippen LogP contribution in [-0.4, -0.2) is 15.2 Å². The summed E-state index contributed by atoms with van der Waals surface area (Å²) < 4.78 is 13.6. The van der Waals surface area contributed by atoms with E-state index in [2.05, 4.69) is 27.4 Å². The van der Waals surface area contributed by atoms with E-state index in [0.717, 1.165) is 20.8 Å². The predicted octanol–water partition coefficient (Wildman–Crippen LogP) is 3.95. The van der Waals surface area contributed by atoms with Crippen molar-refractivity contribution < 1.29 is 4.39 Å². The molecule has 0 saturated heterocycles. The van der Waals surface area contributed by atoms with Crippen LogP contribution in [0.5, 0.6) is 0 Å². The average Bonchev–Trinajstić information content (AvgIpc) is 3.05. The van der Waals surface area contributed by atoms with Crippen molar-refractivity contribution in [1.29, 1.82) is 0 Å². The topological polar surface area (TPSA) is 50.7 Å². The van der Waals surface area contributed by atoms with Crippen LogP contribution in [0, 0.1) is 19.7 Å². The number of nitrogens with one attached hydrogen (secondary N) is 1. The first-order valence-electron chi connectivity index (χ1n) is 6.84. The van der Waals surface area contributed by atoms with Crippen LogP contribution in [0.4, 0.5) is 9.52 Å². The van der Waals surface area contributed by atoms with Gasteiger partial charge >= 0.3 is 0 Å². The molecule has 1 N–H and O–H groups in total. The summed E-state index contributed by atoms with van der Waals surface area (Å²) in [7, 11) is 0. The number of nitrogens with zero attached hydrogens (tertiary/aromatic N) is 3. The molecule has 2 heterocycles. The number of hydrogen-bond donors (Lipinski definition) is 1. The summed E-state index contributed by atoms with van der Waals surface area (Å²) in [5.74, 6) is -0.208. The van der Waals surface area contributed by atoms with Gasteiger partial charge in [0.1, 0.15) is 10.8 Å². The highest BCUT2D eigenvalue weighted by molar-refractivity contribution is 7.15. The number of benzene rings is 1. The summed E-state index contributed by atoms with van der Waals surface area (Å²) in [4.78, 5) is 5.68. The molecular weight excluding hydrogens is 319 g/mol. The molecule has 0 aliphatic rings. The van der Waals surface area contributed by atoms with Gasteiger partial charge in [0, 0.05) is 11.3 Å². The molecule has 1 aromatic carbocycles. The SMILES string of the molecule is Cc1nc(CNc2nnc(Cc3ccccc3F)s2)c(C)s1. The van der Waals surface area contributed by atoms with Crippen molar-refractivity contribution in [3.05, 3.63) is 56.2 Å². The first-order valence-corrected chi connectivity index (χ1v) is 8.47. The van der Waals surface area contributed by atoms with E-state index < -0.39 is 0 Å². The van der Waals surface area contributed by atoms with Crippen LogP contribution in [0.1, 0.15) is 26.1 Å². The van der Waals surface area contributed by atoms with Gasteiger partial charge in [-0.2, -0.15) is 0 Å². The van der Waals surface area contributed by atoms with Crippen LogP contribution in [-0.2, 0) is 13.0 Å². The second-order valence-electron chi connectivity index (χ2n) is 4.86. The molecule has 3 aromatic rings. The van der Waals surface area contributed by atoms with Crippen LogP contribution < -0.4 is 5.32 Å². The molecule has 0 amide bonds. The summed E-state index contributed by atoms with van der Waals surface area (Å²) in [6.45, 7) is 4.69. The molecule has 0 radical (unpaired) electrons. The van der Waals surface area contributed by atoms with E-state index in [1.54, 1.807) is 23.5 Å². The Morgan fingerprint density at radius 3 is 2.68 bits per heavy atom. The van der Waals surface area contributed by atoms with Crippen LogP contribution in [0.15, 0.2) is 24.3 Å². The van der Waals surface area contributed by atoms with Gasteiger partial charge in [-0.15, -0.1) is 21.5 Å². The lowest BCUT2D eigenvalue weighted by molar-refractivity contribution is 0.613. The first kappa shape index (κ1) is 15.1. The van der Waals surface area contributed by atoms with E-state index in [4.69, 9.17) is 0 Å². The van der Waals surface area contributed by atoms with Crippen molar-refractivity contribution in [2.75, 3.05) is 5.32 Å². The maximum Gasteiger partial charge on any atom is 0.206 e. The van der Waals surface area contributed by atoms with Crippen LogP contribution in [0.2, 0.25) is 0 Å². The molecule has 0 aliphatic carbocycles. The van der Waals surface area contributed by atoms with Crippen molar-refractivity contribution in [2.24, 2.45) is 0 Å². The number of hydrogen-bond acceptors (Lipinski definition) is 6. The Bertz CT molecular complexity index is 781. The third kappa shape index (κ3) is 3.48. The standard InChI is InChI=1S/C15H15FN4S2/c1-9-13(18-10(2)21-9)8-17-15-20-19-14(22-15)7-11-5-3-4-6-12(11)16/h3-6H,7-8H2,1-2H3,(H,17,20). The Kier molecular flexibility index (Phi) is 4.44. The molecule has 0 bridgehead atoms. The lowest BCUT2D eigenvalue weighted by atomic mass is 10.1. The summed E-state index contributed by atoms with van der Waals surface area (Å²) >= 11 is 3.13. The van der Waals surface area contributed by atoms with Crippen LogP contribution >= 0.6 is 22.7 Å². The van der Waals surface area contributed by atoms with Gasteiger partial charge < -0.3 is 5.32 Å². The van der Waals surface area contributed by atoms with Gasteiger partial charge in [0.2, 0.25) is 5.13 Å². The number of aryl methyl sites for hydroxylation is 2. The number of aromatic nitrogens is 3. The van der Waals surface area contributed by atoms with Gasteiger partial charge in [0.05, 0.1) is 17.2 Å². The highest BCUT2D eigenvalue weighted by Crippen LogP contribution is 2.22. The van der Waals surface area contributed by atoms with Gasteiger partial charge in [-0.1, -0.05) is 29.5 Å². The number of anilines is 1. The van der Waals surface area contributed by atoms with Crippen molar-refractivity contribution in [3.8, 4) is 0 Å². The molecule has 0 unspecified atom stereocenters. The molecule has 2 aromatic heterocycles. The van der Waals surface area contributed by atoms with Crippen molar-refractivity contribution in [3.63, 3.8) is 0 Å². The highest BCUT2D eigenvalue weighted by Gasteiger charge is 2.09. The maximum atomic E-state index is 13.6. The molecule has 7 heteroatoms. The Balaban J connectivity index is 1.64. The zero-order chi connectivity index (χ0) is 15.5. The van der Waals surface area contributed by atoms with Gasteiger partial charge in [0.15, 0.2) is 0 Å². The molecule has 0 aliphatic heterocycles. The Morgan fingerprint density at radius 2 is 1.95 bits per heavy atom. The molecule has 114 valence electrons. The van der Waals surface area contributed by atoms with E-state index in [0.29, 0.717) is 18.5 Å². The van der Waals surface area contributed by atoms with Gasteiger partial charge in [0.25, 0.3) is 0 Å². The largest absolute Gasteiger partial charge is 0.354 e. The van der Waals surface area contributed by atoms with E-state index in [-0.39, 0.29) is 5.82 Å². The zero-order valence-corrected chi connectivity index (χ0v) is 13.9. The molecule has 0 saturated carbocycles. The summed E-state index contributed by atoms with van der Waals surface area (Å²) in [6, 6.07) is 6.74. The summed E-state index contributed by atoms with van der Waals surface area (Å²) in [5.41, 5.74) is 1.67. The summed E-state index contributed by atoms with van der Waals surface area (Å²) in [5, 5.41) is 14.0. The minimum atomic E-state index is -0.208. The normalized spacial score (nSPS) is 10.9. The third-order valence-corrected chi connectivity index (χ3v) is 4.98. The molecule has 0 fully saturated rings. The zero-order valence-electron chi connectivity index (χ0n) is 12.3. The molecule has 3 rings (SSSR count). The van der Waals surface area contributed by atoms with Crippen LogP contribution in [0.25, 0.3) is 0 Å². The lowest BCUT2D eigenvalue weighted by Crippen LogP contribution is -2.00. The van der Waals surface area contributed by atoms with E-state index in [1.165, 1.54) is 22.3 Å². The highest BCUT2D eigenvalue weighted by atomic mass is 32.1. The van der Waals surface area contributed by atoms with Gasteiger partial charge in [-0.25, -0.2) is 9.37 Å². The fourth-order valence-corrected chi connectivity index (χ4v) is 3.69. The fraction of sp³-hybridized carbons (Fsp3) is 0.267. The van der Waals surface area contributed by atoms with Gasteiger partial charge in [-0.05, 0) is 25.5 Å². The van der Waals surface area contributed by atoms with E-state index >= 15 is 0 Å². The molecule has 22 heavy (non-hydrogen) atoms. The summed E-state index contributed by atoms with van der Waals surface area (Å²) in [6.07, 6.45) is 0.459. The van der Waals surface area contributed by atoms with Crippen molar-refractivity contribution in [2.45, 2.75) is 26.8 Å². The Labute approximate surface area is 136 Å². The predicted molar refractivity (Wildman–Crippen MR) is 88.0 cm³/mol. The quantitative estimate of drug-likeness (QED) is 0.767. The van der Waals surface area contributed by atoms with Crippen molar-refractivity contribution in [1.82, 2.24) is 15.2 Å². The third-order valence-electron chi connectivity index (χ3n) is 3.17. The molecule has 0 atom stereocenters. The van der Waals surface area contributed by atoms with E-state index in [1.807, 2.05) is 13.0 Å². The molecular formula is C15H15FN4S2. The Hall–Kier alpha value is -1.86. The second kappa shape index (κ2) is 6.50. The second-order valence-corrected chi connectivity index (χ2v) is 7.33. The lowest BCUT2D eigenvalue weighted by Gasteiger charge is -2.00. The minimum absolute atomic E-state index is 0.208. The van der Waals surface area contributed by atoms with E-state index in [9.17, 15) is 4.39 Å². The molecule has 0 spiro atoms. The monoisotopic (exact) mass is 334 g/mol. The number of rotatable bonds is 5. The fourth-order valence-electron chi connectivity index (χ4n) is 2.10.